The Bertz CT molecular complexity index is 355. The predicted molar refractivity (Wildman–Crippen MR) is 71.3 cm³/mol. The molecule has 0 saturated heterocycles. The van der Waals surface area contributed by atoms with E-state index in [2.05, 4.69) is 29.4 Å². The van der Waals surface area contributed by atoms with Crippen LogP contribution in [0.4, 0.5) is 0 Å². The van der Waals surface area contributed by atoms with Crippen LogP contribution in [0.2, 0.25) is 0 Å². The quantitative estimate of drug-likeness (QED) is 0.855. The predicted octanol–water partition coefficient (Wildman–Crippen LogP) is 3.37. The van der Waals surface area contributed by atoms with Gasteiger partial charge in [-0.15, -0.1) is 11.3 Å². The lowest BCUT2D eigenvalue weighted by Gasteiger charge is -2.06. The molecule has 1 N–H and O–H groups in total. The average molecular weight is 236 g/mol. The fourth-order valence-corrected chi connectivity index (χ4v) is 2.81. The molecule has 0 aromatic carbocycles. The minimum Gasteiger partial charge on any atom is -0.369 e. The van der Waals surface area contributed by atoms with Crippen molar-refractivity contribution in [3.05, 3.63) is 21.9 Å². The Morgan fingerprint density at radius 3 is 2.94 bits per heavy atom. The smallest absolute Gasteiger partial charge is 0.0965 e. The first-order valence-corrected chi connectivity index (χ1v) is 7.05. The van der Waals surface area contributed by atoms with Crippen molar-refractivity contribution in [2.45, 2.75) is 45.6 Å². The Labute approximate surface area is 102 Å². The van der Waals surface area contributed by atoms with E-state index in [0.29, 0.717) is 0 Å². The van der Waals surface area contributed by atoms with E-state index < -0.39 is 0 Å². The molecule has 88 valence electrons. The minimum atomic E-state index is 0.948. The summed E-state index contributed by atoms with van der Waals surface area (Å²) in [7, 11) is 0. The lowest BCUT2D eigenvalue weighted by atomic mass is 10.2. The molecule has 3 heteroatoms. The molecule has 0 amide bonds. The molecule has 0 spiro atoms. The van der Waals surface area contributed by atoms with Crippen LogP contribution in [0.3, 0.4) is 0 Å². The van der Waals surface area contributed by atoms with Crippen molar-refractivity contribution in [2.75, 3.05) is 6.54 Å². The van der Waals surface area contributed by atoms with Gasteiger partial charge in [0, 0.05) is 22.7 Å². The maximum absolute atomic E-state index is 4.58. The Morgan fingerprint density at radius 2 is 2.12 bits per heavy atom. The first-order valence-electron chi connectivity index (χ1n) is 6.23. The Hall–Kier alpha value is -0.830. The number of amidine groups is 1. The van der Waals surface area contributed by atoms with Gasteiger partial charge in [0.25, 0.3) is 0 Å². The number of hydrogen-bond donors (Lipinski definition) is 1. The monoisotopic (exact) mass is 236 g/mol. The third-order valence-corrected chi connectivity index (χ3v) is 4.14. The summed E-state index contributed by atoms with van der Waals surface area (Å²) in [6.07, 6.45) is 6.14. The van der Waals surface area contributed by atoms with Crippen molar-refractivity contribution >= 4 is 17.2 Å². The molecule has 0 aliphatic carbocycles. The number of aliphatic imine (C=N–C) groups is 1. The molecule has 2 rings (SSSR count). The standard InChI is InChI=1S/C13H20N2S/c1-2-11-7-8-12(16-11)10-15-13-6-4-3-5-9-14-13/h7-8H,2-6,9-10H2,1H3,(H,14,15). The third-order valence-electron chi connectivity index (χ3n) is 2.91. The molecule has 1 aromatic heterocycles. The van der Waals surface area contributed by atoms with Gasteiger partial charge in [-0.2, -0.15) is 0 Å². The summed E-state index contributed by atoms with van der Waals surface area (Å²) >= 11 is 1.91. The van der Waals surface area contributed by atoms with Crippen LogP contribution in [0.1, 0.15) is 42.4 Å². The van der Waals surface area contributed by atoms with Crippen LogP contribution >= 0.6 is 11.3 Å². The highest BCUT2D eigenvalue weighted by molar-refractivity contribution is 7.11. The van der Waals surface area contributed by atoms with Crippen LogP contribution in [0.5, 0.6) is 0 Å². The van der Waals surface area contributed by atoms with Gasteiger partial charge in [-0.1, -0.05) is 13.3 Å². The molecule has 1 aliphatic rings. The molecule has 0 unspecified atom stereocenters. The van der Waals surface area contributed by atoms with Gasteiger partial charge in [0.15, 0.2) is 0 Å². The van der Waals surface area contributed by atoms with Crippen LogP contribution in [-0.4, -0.2) is 12.4 Å². The number of rotatable bonds is 3. The maximum Gasteiger partial charge on any atom is 0.0965 e. The van der Waals surface area contributed by atoms with E-state index in [1.54, 1.807) is 0 Å². The first kappa shape index (κ1) is 11.6. The summed E-state index contributed by atoms with van der Waals surface area (Å²) < 4.78 is 0. The van der Waals surface area contributed by atoms with Crippen LogP contribution in [0.15, 0.2) is 17.1 Å². The van der Waals surface area contributed by atoms with E-state index in [4.69, 9.17) is 0 Å². The molecular formula is C13H20N2S. The Morgan fingerprint density at radius 1 is 1.25 bits per heavy atom. The fourth-order valence-electron chi connectivity index (χ4n) is 1.91. The second kappa shape index (κ2) is 6.04. The highest BCUT2D eigenvalue weighted by atomic mass is 32.1. The van der Waals surface area contributed by atoms with Crippen LogP contribution in [0, 0.1) is 0 Å². The average Bonchev–Trinajstić information content (AvgIpc) is 2.61. The van der Waals surface area contributed by atoms with Crippen molar-refractivity contribution < 1.29 is 0 Å². The van der Waals surface area contributed by atoms with Gasteiger partial charge in [-0.3, -0.25) is 4.99 Å². The molecule has 2 heterocycles. The molecule has 0 radical (unpaired) electrons. The largest absolute Gasteiger partial charge is 0.369 e. The second-order valence-electron chi connectivity index (χ2n) is 4.21. The van der Waals surface area contributed by atoms with Gasteiger partial charge >= 0.3 is 0 Å². The summed E-state index contributed by atoms with van der Waals surface area (Å²) in [5.74, 6) is 1.21. The van der Waals surface area contributed by atoms with Gasteiger partial charge in [-0.05, 0) is 31.4 Å². The van der Waals surface area contributed by atoms with Gasteiger partial charge in [-0.25, -0.2) is 0 Å². The Balaban J connectivity index is 1.83. The summed E-state index contributed by atoms with van der Waals surface area (Å²) in [4.78, 5) is 7.47. The van der Waals surface area contributed by atoms with Crippen molar-refractivity contribution in [3.8, 4) is 0 Å². The van der Waals surface area contributed by atoms with Crippen molar-refractivity contribution in [1.82, 2.24) is 5.32 Å². The van der Waals surface area contributed by atoms with E-state index in [1.807, 2.05) is 11.3 Å². The molecule has 1 aromatic rings. The SMILES string of the molecule is CCc1ccc(CNC2=NCCCCC2)s1. The van der Waals surface area contributed by atoms with E-state index in [1.165, 1.54) is 34.9 Å². The zero-order chi connectivity index (χ0) is 11.2. The van der Waals surface area contributed by atoms with Gasteiger partial charge in [0.2, 0.25) is 0 Å². The van der Waals surface area contributed by atoms with Crippen LogP contribution in [-0.2, 0) is 13.0 Å². The topological polar surface area (TPSA) is 24.4 Å². The molecule has 0 saturated carbocycles. The normalized spacial score (nSPS) is 16.7. The number of thiophene rings is 1. The van der Waals surface area contributed by atoms with E-state index in [-0.39, 0.29) is 0 Å². The zero-order valence-corrected chi connectivity index (χ0v) is 10.8. The fraction of sp³-hybridized carbons (Fsp3) is 0.615. The third kappa shape index (κ3) is 3.34. The molecule has 1 aliphatic heterocycles. The highest BCUT2D eigenvalue weighted by Gasteiger charge is 2.04. The molecule has 0 atom stereocenters. The van der Waals surface area contributed by atoms with E-state index in [0.717, 1.165) is 25.9 Å². The first-order chi connectivity index (χ1) is 7.88. The summed E-state index contributed by atoms with van der Waals surface area (Å²) in [6, 6.07) is 4.46. The van der Waals surface area contributed by atoms with E-state index in [9.17, 15) is 0 Å². The lowest BCUT2D eigenvalue weighted by Crippen LogP contribution is -2.22. The van der Waals surface area contributed by atoms with Crippen molar-refractivity contribution in [3.63, 3.8) is 0 Å². The number of aryl methyl sites for hydroxylation is 1. The van der Waals surface area contributed by atoms with Crippen LogP contribution in [0.25, 0.3) is 0 Å². The van der Waals surface area contributed by atoms with Gasteiger partial charge < -0.3 is 5.32 Å². The summed E-state index contributed by atoms with van der Waals surface area (Å²) in [5.41, 5.74) is 0. The molecular weight excluding hydrogens is 216 g/mol. The highest BCUT2D eigenvalue weighted by Crippen LogP contribution is 2.16. The zero-order valence-electron chi connectivity index (χ0n) is 9.96. The summed E-state index contributed by atoms with van der Waals surface area (Å²) in [5, 5.41) is 3.48. The molecule has 0 fully saturated rings. The van der Waals surface area contributed by atoms with Crippen LogP contribution < -0.4 is 5.32 Å². The lowest BCUT2D eigenvalue weighted by molar-refractivity contribution is 0.728. The Kier molecular flexibility index (Phi) is 4.40. The molecule has 0 bridgehead atoms. The second-order valence-corrected chi connectivity index (χ2v) is 5.47. The maximum atomic E-state index is 4.58. The molecule has 16 heavy (non-hydrogen) atoms. The van der Waals surface area contributed by atoms with E-state index >= 15 is 0 Å². The van der Waals surface area contributed by atoms with Crippen molar-refractivity contribution in [1.29, 1.82) is 0 Å². The number of nitrogens with one attached hydrogen (secondary N) is 1. The molecule has 2 nitrogen and oxygen atoms in total. The van der Waals surface area contributed by atoms with Gasteiger partial charge in [0.05, 0.1) is 12.4 Å². The summed E-state index contributed by atoms with van der Waals surface area (Å²) in [6.45, 7) is 4.16. The van der Waals surface area contributed by atoms with Gasteiger partial charge in [0.1, 0.15) is 0 Å². The minimum absolute atomic E-state index is 0.948. The van der Waals surface area contributed by atoms with Crippen molar-refractivity contribution in [2.24, 2.45) is 4.99 Å². The number of nitrogens with zero attached hydrogens (tertiary/aromatic N) is 1. The number of hydrogen-bond acceptors (Lipinski definition) is 3.